The zero-order valence-electron chi connectivity index (χ0n) is 12.6. The van der Waals surface area contributed by atoms with Crippen molar-refractivity contribution in [2.75, 3.05) is 33.4 Å². The fourth-order valence-corrected chi connectivity index (χ4v) is 3.60. The van der Waals surface area contributed by atoms with Crippen molar-refractivity contribution in [2.24, 2.45) is 0 Å². The molecule has 1 aromatic rings. The molecule has 0 fully saturated rings. The molecule has 1 heterocycles. The lowest BCUT2D eigenvalue weighted by atomic mass is 10.1. The molecule has 2 rings (SSSR count). The van der Waals surface area contributed by atoms with Gasteiger partial charge in [0.25, 0.3) is 5.91 Å². The Bertz CT molecular complexity index is 414. The van der Waals surface area contributed by atoms with E-state index in [0.717, 1.165) is 30.8 Å². The van der Waals surface area contributed by atoms with Crippen molar-refractivity contribution in [2.45, 2.75) is 32.1 Å². The largest absolute Gasteiger partial charge is 0.383 e. The minimum absolute atomic E-state index is 0. The van der Waals surface area contributed by atoms with Crippen LogP contribution in [-0.4, -0.2) is 39.3 Å². The molecule has 21 heavy (non-hydrogen) atoms. The molecule has 4 nitrogen and oxygen atoms in total. The summed E-state index contributed by atoms with van der Waals surface area (Å²) in [7, 11) is 1.68. The Morgan fingerprint density at radius 1 is 1.24 bits per heavy atom. The number of hydrogen-bond donors (Lipinski definition) is 2. The van der Waals surface area contributed by atoms with Crippen LogP contribution in [0.4, 0.5) is 0 Å². The third kappa shape index (κ3) is 5.94. The molecule has 0 aromatic carbocycles. The minimum atomic E-state index is 0. The smallest absolute Gasteiger partial charge is 0.261 e. The highest BCUT2D eigenvalue weighted by Gasteiger charge is 2.15. The Hall–Kier alpha value is -0.620. The van der Waals surface area contributed by atoms with Gasteiger partial charge in [-0.2, -0.15) is 0 Å². The van der Waals surface area contributed by atoms with Crippen LogP contribution in [0.15, 0.2) is 6.07 Å². The number of methoxy groups -OCH3 is 1. The molecule has 120 valence electrons. The standard InChI is InChI=1S/C15H24N2O2S.ClH/c1-19-10-9-16-7-8-17-15(18)14-11-12-5-3-2-4-6-13(12)20-14;/h11,16H,2-10H2,1H3,(H,17,18);1H. The van der Waals surface area contributed by atoms with Gasteiger partial charge in [0.15, 0.2) is 0 Å². The average molecular weight is 333 g/mol. The van der Waals surface area contributed by atoms with Gasteiger partial charge in [-0.05, 0) is 37.3 Å². The summed E-state index contributed by atoms with van der Waals surface area (Å²) in [5, 5.41) is 6.18. The van der Waals surface area contributed by atoms with Crippen LogP contribution in [0.2, 0.25) is 0 Å². The van der Waals surface area contributed by atoms with Crippen LogP contribution < -0.4 is 10.6 Å². The van der Waals surface area contributed by atoms with Crippen molar-refractivity contribution in [1.82, 2.24) is 10.6 Å². The second kappa shape index (κ2) is 10.2. The number of carbonyl (C=O) groups is 1. The zero-order valence-corrected chi connectivity index (χ0v) is 14.2. The first-order valence-corrected chi connectivity index (χ1v) is 8.22. The van der Waals surface area contributed by atoms with Crippen LogP contribution in [0, 0.1) is 0 Å². The van der Waals surface area contributed by atoms with Gasteiger partial charge in [0, 0.05) is 31.6 Å². The van der Waals surface area contributed by atoms with Gasteiger partial charge >= 0.3 is 0 Å². The van der Waals surface area contributed by atoms with Gasteiger partial charge in [-0.25, -0.2) is 0 Å². The summed E-state index contributed by atoms with van der Waals surface area (Å²) >= 11 is 1.68. The van der Waals surface area contributed by atoms with Crippen molar-refractivity contribution in [1.29, 1.82) is 0 Å². The van der Waals surface area contributed by atoms with Crippen LogP contribution in [0.25, 0.3) is 0 Å². The predicted octanol–water partition coefficient (Wildman–Crippen LogP) is 2.40. The van der Waals surface area contributed by atoms with Crippen LogP contribution in [0.3, 0.4) is 0 Å². The summed E-state index contributed by atoms with van der Waals surface area (Å²) in [5.41, 5.74) is 1.40. The zero-order chi connectivity index (χ0) is 14.2. The number of ether oxygens (including phenoxy) is 1. The Morgan fingerprint density at radius 2 is 2.05 bits per heavy atom. The quantitative estimate of drug-likeness (QED) is 0.595. The fraction of sp³-hybridized carbons (Fsp3) is 0.667. The van der Waals surface area contributed by atoms with Crippen molar-refractivity contribution < 1.29 is 9.53 Å². The molecular weight excluding hydrogens is 308 g/mol. The molecule has 1 aliphatic carbocycles. The van der Waals surface area contributed by atoms with Gasteiger partial charge in [0.2, 0.25) is 0 Å². The predicted molar refractivity (Wildman–Crippen MR) is 89.9 cm³/mol. The van der Waals surface area contributed by atoms with Gasteiger partial charge in [-0.1, -0.05) is 6.42 Å². The Labute approximate surface area is 137 Å². The third-order valence-electron chi connectivity index (χ3n) is 3.54. The molecule has 0 bridgehead atoms. The molecule has 6 heteroatoms. The van der Waals surface area contributed by atoms with E-state index in [1.54, 1.807) is 18.4 Å². The third-order valence-corrected chi connectivity index (χ3v) is 4.78. The number of thiophene rings is 1. The van der Waals surface area contributed by atoms with E-state index in [1.165, 1.54) is 29.7 Å². The molecule has 1 aliphatic rings. The summed E-state index contributed by atoms with van der Waals surface area (Å²) < 4.78 is 4.95. The summed E-state index contributed by atoms with van der Waals surface area (Å²) in [5.74, 6) is 0.0663. The van der Waals surface area contributed by atoms with E-state index in [0.29, 0.717) is 13.2 Å². The molecule has 0 radical (unpaired) electrons. The lowest BCUT2D eigenvalue weighted by Crippen LogP contribution is -2.32. The van der Waals surface area contributed by atoms with E-state index >= 15 is 0 Å². The second-order valence-corrected chi connectivity index (χ2v) is 6.26. The van der Waals surface area contributed by atoms with Gasteiger partial charge < -0.3 is 15.4 Å². The summed E-state index contributed by atoms with van der Waals surface area (Å²) in [6, 6.07) is 2.10. The molecule has 1 aromatic heterocycles. The first-order chi connectivity index (χ1) is 9.81. The van der Waals surface area contributed by atoms with Crippen molar-refractivity contribution in [3.63, 3.8) is 0 Å². The van der Waals surface area contributed by atoms with Crippen molar-refractivity contribution >= 4 is 29.7 Å². The number of fused-ring (bicyclic) bond motifs is 1. The molecule has 0 spiro atoms. The second-order valence-electron chi connectivity index (χ2n) is 5.12. The van der Waals surface area contributed by atoms with E-state index in [2.05, 4.69) is 16.7 Å². The molecule has 0 aliphatic heterocycles. The van der Waals surface area contributed by atoms with Crippen LogP contribution in [0.5, 0.6) is 0 Å². The normalized spacial score (nSPS) is 14.0. The lowest BCUT2D eigenvalue weighted by molar-refractivity contribution is 0.0957. The van der Waals surface area contributed by atoms with E-state index in [9.17, 15) is 4.79 Å². The number of halogens is 1. The van der Waals surface area contributed by atoms with Crippen LogP contribution >= 0.6 is 23.7 Å². The van der Waals surface area contributed by atoms with Crippen molar-refractivity contribution in [3.8, 4) is 0 Å². The Morgan fingerprint density at radius 3 is 2.86 bits per heavy atom. The van der Waals surface area contributed by atoms with Gasteiger partial charge in [0.05, 0.1) is 11.5 Å². The Balaban J connectivity index is 0.00000220. The number of amides is 1. The highest BCUT2D eigenvalue weighted by molar-refractivity contribution is 7.14. The number of carbonyl (C=O) groups excluding carboxylic acids is 1. The van der Waals surface area contributed by atoms with E-state index < -0.39 is 0 Å². The summed E-state index contributed by atoms with van der Waals surface area (Å²) in [6.45, 7) is 2.95. The average Bonchev–Trinajstić information content (AvgIpc) is 2.74. The first-order valence-electron chi connectivity index (χ1n) is 7.40. The lowest BCUT2D eigenvalue weighted by Gasteiger charge is -2.05. The van der Waals surface area contributed by atoms with Crippen LogP contribution in [0.1, 0.15) is 39.4 Å². The topological polar surface area (TPSA) is 50.4 Å². The van der Waals surface area contributed by atoms with Crippen molar-refractivity contribution in [3.05, 3.63) is 21.4 Å². The molecular formula is C15H25ClN2O2S. The fourth-order valence-electron chi connectivity index (χ4n) is 2.43. The highest BCUT2D eigenvalue weighted by atomic mass is 35.5. The van der Waals surface area contributed by atoms with Gasteiger partial charge in [0.1, 0.15) is 0 Å². The maximum atomic E-state index is 12.1. The SMILES string of the molecule is COCCNCCNC(=O)c1cc2c(s1)CCCCC2.Cl. The Kier molecular flexibility index (Phi) is 8.92. The maximum Gasteiger partial charge on any atom is 0.261 e. The van der Waals surface area contributed by atoms with E-state index in [-0.39, 0.29) is 18.3 Å². The summed E-state index contributed by atoms with van der Waals surface area (Å²) in [4.78, 5) is 14.4. The molecule has 0 atom stereocenters. The van der Waals surface area contributed by atoms with E-state index in [4.69, 9.17) is 4.74 Å². The monoisotopic (exact) mass is 332 g/mol. The van der Waals surface area contributed by atoms with Gasteiger partial charge in [-0.3, -0.25) is 4.79 Å². The summed E-state index contributed by atoms with van der Waals surface area (Å²) in [6.07, 6.45) is 6.12. The van der Waals surface area contributed by atoms with E-state index in [1.807, 2.05) is 0 Å². The molecule has 2 N–H and O–H groups in total. The molecule has 0 unspecified atom stereocenters. The number of aryl methyl sites for hydroxylation is 2. The first kappa shape index (κ1) is 18.4. The highest BCUT2D eigenvalue weighted by Crippen LogP contribution is 2.28. The minimum Gasteiger partial charge on any atom is -0.383 e. The maximum absolute atomic E-state index is 12.1. The molecule has 0 saturated heterocycles. The molecule has 1 amide bonds. The number of nitrogens with one attached hydrogen (secondary N) is 2. The van der Waals surface area contributed by atoms with Crippen LogP contribution in [-0.2, 0) is 17.6 Å². The van der Waals surface area contributed by atoms with Gasteiger partial charge in [-0.15, -0.1) is 23.7 Å². The molecule has 0 saturated carbocycles. The number of hydrogen-bond acceptors (Lipinski definition) is 4. The number of rotatable bonds is 7.